The second-order valence-corrected chi connectivity index (χ2v) is 5.51. The molecule has 1 fully saturated rings. The Kier molecular flexibility index (Phi) is 3.91. The number of rotatable bonds is 5. The molecule has 0 aliphatic carbocycles. The van der Waals surface area contributed by atoms with Crippen LogP contribution in [0.15, 0.2) is 21.3 Å². The van der Waals surface area contributed by atoms with Crippen molar-refractivity contribution < 1.29 is 4.52 Å². The zero-order valence-electron chi connectivity index (χ0n) is 11.0. The van der Waals surface area contributed by atoms with Crippen molar-refractivity contribution in [3.63, 3.8) is 0 Å². The third-order valence-corrected chi connectivity index (χ3v) is 4.23. The van der Waals surface area contributed by atoms with E-state index in [1.165, 1.54) is 6.42 Å². The van der Waals surface area contributed by atoms with Gasteiger partial charge in [-0.1, -0.05) is 12.1 Å². The van der Waals surface area contributed by atoms with Crippen LogP contribution >= 0.6 is 11.3 Å². The van der Waals surface area contributed by atoms with Crippen molar-refractivity contribution in [2.75, 3.05) is 19.6 Å². The van der Waals surface area contributed by atoms with E-state index in [1.807, 2.05) is 16.8 Å². The highest BCUT2D eigenvalue weighted by atomic mass is 32.1. The van der Waals surface area contributed by atoms with Crippen molar-refractivity contribution >= 4 is 11.3 Å². The van der Waals surface area contributed by atoms with Crippen molar-refractivity contribution in [1.29, 1.82) is 0 Å². The number of hydrogen-bond acceptors (Lipinski definition) is 6. The molecule has 102 valence electrons. The number of aromatic nitrogens is 2. The van der Waals surface area contributed by atoms with Crippen molar-refractivity contribution in [1.82, 2.24) is 20.4 Å². The molecule has 1 unspecified atom stereocenters. The van der Waals surface area contributed by atoms with Gasteiger partial charge in [0.2, 0.25) is 11.7 Å². The highest BCUT2D eigenvalue weighted by molar-refractivity contribution is 7.08. The van der Waals surface area contributed by atoms with Gasteiger partial charge in [-0.15, -0.1) is 0 Å². The van der Waals surface area contributed by atoms with E-state index >= 15 is 0 Å². The Balaban J connectivity index is 1.68. The molecule has 19 heavy (non-hydrogen) atoms. The smallest absolute Gasteiger partial charge is 0.241 e. The predicted molar refractivity (Wildman–Crippen MR) is 75.0 cm³/mol. The molecule has 1 atom stereocenters. The zero-order valence-corrected chi connectivity index (χ0v) is 11.8. The lowest BCUT2D eigenvalue weighted by Crippen LogP contribution is -2.36. The third-order valence-electron chi connectivity index (χ3n) is 3.54. The largest absolute Gasteiger partial charge is 0.338 e. The fraction of sp³-hybridized carbons (Fsp3) is 0.538. The summed E-state index contributed by atoms with van der Waals surface area (Å²) in [6.07, 6.45) is 1.19. The van der Waals surface area contributed by atoms with E-state index in [0.717, 1.165) is 31.7 Å². The maximum absolute atomic E-state index is 5.36. The maximum Gasteiger partial charge on any atom is 0.241 e. The fourth-order valence-electron chi connectivity index (χ4n) is 2.45. The quantitative estimate of drug-likeness (QED) is 0.906. The minimum absolute atomic E-state index is 0.585. The summed E-state index contributed by atoms with van der Waals surface area (Å²) >= 11 is 1.64. The van der Waals surface area contributed by atoms with Crippen LogP contribution in [0.2, 0.25) is 0 Å². The minimum Gasteiger partial charge on any atom is -0.338 e. The Morgan fingerprint density at radius 2 is 2.53 bits per heavy atom. The van der Waals surface area contributed by atoms with Crippen LogP contribution in [0.3, 0.4) is 0 Å². The number of nitrogens with zero attached hydrogens (tertiary/aromatic N) is 3. The summed E-state index contributed by atoms with van der Waals surface area (Å²) in [6.45, 7) is 6.07. The van der Waals surface area contributed by atoms with Gasteiger partial charge in [-0.2, -0.15) is 16.3 Å². The van der Waals surface area contributed by atoms with Crippen LogP contribution in [0.5, 0.6) is 0 Å². The topological polar surface area (TPSA) is 54.2 Å². The average Bonchev–Trinajstić information content (AvgIpc) is 3.15. The Morgan fingerprint density at radius 3 is 3.21 bits per heavy atom. The standard InChI is InChI=1S/C13H18N4OS/c1-2-17(11-3-5-14-7-11)8-12-15-13(16-18-12)10-4-6-19-9-10/h4,6,9,11,14H,2-3,5,7-8H2,1H3. The van der Waals surface area contributed by atoms with Crippen LogP contribution in [-0.2, 0) is 6.54 Å². The van der Waals surface area contributed by atoms with E-state index in [0.29, 0.717) is 17.8 Å². The highest BCUT2D eigenvalue weighted by Gasteiger charge is 2.23. The van der Waals surface area contributed by atoms with Gasteiger partial charge in [-0.25, -0.2) is 0 Å². The predicted octanol–water partition coefficient (Wildman–Crippen LogP) is 1.98. The first-order chi connectivity index (χ1) is 9.36. The lowest BCUT2D eigenvalue weighted by molar-refractivity contribution is 0.183. The molecular weight excluding hydrogens is 260 g/mol. The van der Waals surface area contributed by atoms with Crippen LogP contribution in [0, 0.1) is 0 Å². The second-order valence-electron chi connectivity index (χ2n) is 4.73. The summed E-state index contributed by atoms with van der Waals surface area (Å²) in [5.74, 6) is 1.40. The summed E-state index contributed by atoms with van der Waals surface area (Å²) in [5.41, 5.74) is 1.03. The Morgan fingerprint density at radius 1 is 1.58 bits per heavy atom. The molecule has 1 N–H and O–H groups in total. The molecule has 3 rings (SSSR count). The van der Waals surface area contributed by atoms with E-state index in [-0.39, 0.29) is 0 Å². The minimum atomic E-state index is 0.585. The van der Waals surface area contributed by atoms with Gasteiger partial charge >= 0.3 is 0 Å². The summed E-state index contributed by atoms with van der Waals surface area (Å²) in [7, 11) is 0. The fourth-order valence-corrected chi connectivity index (χ4v) is 3.09. The third kappa shape index (κ3) is 2.86. The van der Waals surface area contributed by atoms with Crippen LogP contribution in [-0.4, -0.2) is 40.7 Å². The van der Waals surface area contributed by atoms with Crippen LogP contribution in [0.1, 0.15) is 19.2 Å². The molecule has 6 heteroatoms. The lowest BCUT2D eigenvalue weighted by Gasteiger charge is -2.24. The Labute approximate surface area is 116 Å². The lowest BCUT2D eigenvalue weighted by atomic mass is 10.2. The van der Waals surface area contributed by atoms with Crippen LogP contribution in [0.4, 0.5) is 0 Å². The van der Waals surface area contributed by atoms with Crippen molar-refractivity contribution in [2.45, 2.75) is 25.9 Å². The van der Waals surface area contributed by atoms with Crippen LogP contribution in [0.25, 0.3) is 11.4 Å². The number of hydrogen-bond donors (Lipinski definition) is 1. The molecule has 2 aromatic rings. The normalized spacial score (nSPS) is 19.4. The summed E-state index contributed by atoms with van der Waals surface area (Å²) < 4.78 is 5.36. The van der Waals surface area contributed by atoms with E-state index < -0.39 is 0 Å². The summed E-state index contributed by atoms with van der Waals surface area (Å²) in [6, 6.07) is 2.60. The molecule has 0 radical (unpaired) electrons. The molecule has 0 spiro atoms. The molecule has 0 amide bonds. The number of thiophene rings is 1. The Bertz CT molecular complexity index is 504. The molecule has 5 nitrogen and oxygen atoms in total. The molecule has 0 bridgehead atoms. The first-order valence-corrected chi connectivity index (χ1v) is 7.61. The summed E-state index contributed by atoms with van der Waals surface area (Å²) in [4.78, 5) is 6.87. The van der Waals surface area contributed by atoms with Gasteiger partial charge in [0.15, 0.2) is 0 Å². The van der Waals surface area contributed by atoms with Crippen LogP contribution < -0.4 is 5.32 Å². The number of likely N-dealkylation sites (N-methyl/N-ethyl adjacent to an activating group) is 1. The van der Waals surface area contributed by atoms with Crippen molar-refractivity contribution in [3.05, 3.63) is 22.7 Å². The van der Waals surface area contributed by atoms with Gasteiger partial charge in [0.25, 0.3) is 0 Å². The molecule has 1 aliphatic rings. The van der Waals surface area contributed by atoms with Gasteiger partial charge < -0.3 is 9.84 Å². The SMILES string of the molecule is CCN(Cc1nc(-c2ccsc2)no1)C1CCNC1. The molecule has 3 heterocycles. The molecule has 1 aliphatic heterocycles. The molecule has 0 aromatic carbocycles. The maximum atomic E-state index is 5.36. The highest BCUT2D eigenvalue weighted by Crippen LogP contribution is 2.20. The second kappa shape index (κ2) is 5.81. The summed E-state index contributed by atoms with van der Waals surface area (Å²) in [5, 5.41) is 11.5. The van der Waals surface area contributed by atoms with Gasteiger partial charge in [-0.05, 0) is 31.0 Å². The van der Waals surface area contributed by atoms with E-state index in [9.17, 15) is 0 Å². The Hall–Kier alpha value is -1.24. The van der Waals surface area contributed by atoms with Gasteiger partial charge in [-0.3, -0.25) is 4.90 Å². The van der Waals surface area contributed by atoms with Gasteiger partial charge in [0, 0.05) is 23.5 Å². The molecular formula is C13H18N4OS. The van der Waals surface area contributed by atoms with E-state index in [2.05, 4.69) is 27.3 Å². The molecule has 1 saturated heterocycles. The van der Waals surface area contributed by atoms with E-state index in [1.54, 1.807) is 11.3 Å². The van der Waals surface area contributed by atoms with Gasteiger partial charge in [0.05, 0.1) is 6.54 Å². The average molecular weight is 278 g/mol. The van der Waals surface area contributed by atoms with Crippen molar-refractivity contribution in [3.8, 4) is 11.4 Å². The monoisotopic (exact) mass is 278 g/mol. The molecule has 0 saturated carbocycles. The first kappa shape index (κ1) is 12.8. The zero-order chi connectivity index (χ0) is 13.1. The van der Waals surface area contributed by atoms with Gasteiger partial charge in [0.1, 0.15) is 0 Å². The first-order valence-electron chi connectivity index (χ1n) is 6.66. The van der Waals surface area contributed by atoms with E-state index in [4.69, 9.17) is 4.52 Å². The molecule has 2 aromatic heterocycles. The number of nitrogens with one attached hydrogen (secondary N) is 1. The van der Waals surface area contributed by atoms with Crippen molar-refractivity contribution in [2.24, 2.45) is 0 Å².